The monoisotopic (exact) mass is 791 g/mol. The number of ether oxygens (including phenoxy) is 3. The van der Waals surface area contributed by atoms with E-state index >= 15 is 4.79 Å². The molecule has 5 atom stereocenters. The third kappa shape index (κ3) is 7.34. The molecule has 3 amide bonds. The quantitative estimate of drug-likeness (QED) is 0.151. The van der Waals surface area contributed by atoms with E-state index in [0.717, 1.165) is 37.1 Å². The lowest BCUT2D eigenvalue weighted by Gasteiger charge is -2.37. The van der Waals surface area contributed by atoms with Crippen LogP contribution in [0.25, 0.3) is 0 Å². The Hall–Kier alpha value is -4.71. The van der Waals surface area contributed by atoms with Crippen LogP contribution in [0.15, 0.2) is 90.0 Å². The van der Waals surface area contributed by atoms with Gasteiger partial charge in [-0.1, -0.05) is 72.8 Å². The van der Waals surface area contributed by atoms with E-state index in [-0.39, 0.29) is 54.9 Å². The summed E-state index contributed by atoms with van der Waals surface area (Å²) in [4.78, 5) is 48.7. The van der Waals surface area contributed by atoms with Crippen LogP contribution in [0.5, 0.6) is 11.5 Å². The largest absolute Gasteiger partial charge is 0.497 e. The molecule has 0 unspecified atom stereocenters. The molecule has 0 radical (unpaired) electrons. The SMILES string of the molecule is COc1ccc([Si](C)(C)[C@H]2[C@H](CC(=O)N3CCC[C@H]3CO)O[C@@]3(C(=O)N(C/C=C(\C)CCC=C(C)C)c4ccc(N5C(=O)COc6ccccc65)cc43)[C@@H]2C)cc1. The van der Waals surface area contributed by atoms with Gasteiger partial charge in [-0.05, 0) is 94.5 Å². The van der Waals surface area contributed by atoms with Gasteiger partial charge in [-0.2, -0.15) is 0 Å². The third-order valence-electron chi connectivity index (χ3n) is 12.8. The highest BCUT2D eigenvalue weighted by atomic mass is 28.3. The van der Waals surface area contributed by atoms with E-state index in [1.54, 1.807) is 16.9 Å². The number of para-hydroxylation sites is 2. The topological polar surface area (TPSA) is 109 Å². The summed E-state index contributed by atoms with van der Waals surface area (Å²) in [5, 5.41) is 11.3. The number of rotatable bonds is 12. The van der Waals surface area contributed by atoms with Gasteiger partial charge in [0, 0.05) is 30.3 Å². The van der Waals surface area contributed by atoms with E-state index in [9.17, 15) is 14.7 Å². The minimum absolute atomic E-state index is 0.0629. The lowest BCUT2D eigenvalue weighted by Crippen LogP contribution is -2.52. The summed E-state index contributed by atoms with van der Waals surface area (Å²) >= 11 is 0. The maximum absolute atomic E-state index is 15.5. The molecular formula is C46H57N3O7Si. The number of amides is 3. The fourth-order valence-corrected chi connectivity index (χ4v) is 13.8. The predicted molar refractivity (Wildman–Crippen MR) is 226 cm³/mol. The molecule has 1 spiro atoms. The number of aliphatic hydroxyl groups excluding tert-OH is 1. The van der Waals surface area contributed by atoms with Crippen LogP contribution in [0.4, 0.5) is 17.1 Å². The molecule has 7 rings (SSSR count). The lowest BCUT2D eigenvalue weighted by atomic mass is 9.82. The lowest BCUT2D eigenvalue weighted by molar-refractivity contribution is -0.149. The zero-order valence-corrected chi connectivity index (χ0v) is 35.4. The van der Waals surface area contributed by atoms with Crippen molar-refractivity contribution in [2.75, 3.05) is 43.2 Å². The molecule has 0 saturated carbocycles. The van der Waals surface area contributed by atoms with E-state index in [1.807, 2.05) is 59.5 Å². The van der Waals surface area contributed by atoms with Crippen molar-refractivity contribution in [2.24, 2.45) is 5.92 Å². The van der Waals surface area contributed by atoms with Crippen LogP contribution in [-0.2, 0) is 24.7 Å². The van der Waals surface area contributed by atoms with Crippen molar-refractivity contribution in [2.45, 2.75) is 96.2 Å². The molecule has 2 fully saturated rings. The third-order valence-corrected chi connectivity index (χ3v) is 17.1. The van der Waals surface area contributed by atoms with Crippen LogP contribution in [0.1, 0.15) is 65.4 Å². The number of allylic oxidation sites excluding steroid dienone is 3. The highest BCUT2D eigenvalue weighted by Crippen LogP contribution is 2.60. The second-order valence-corrected chi connectivity index (χ2v) is 21.6. The number of carbonyl (C=O) groups is 3. The fraction of sp³-hybridized carbons (Fsp3) is 0.457. The average molecular weight is 792 g/mol. The van der Waals surface area contributed by atoms with Gasteiger partial charge in [0.05, 0.1) is 51.7 Å². The Morgan fingerprint density at radius 2 is 1.77 bits per heavy atom. The number of fused-ring (bicyclic) bond motifs is 3. The molecule has 4 aliphatic rings. The van der Waals surface area contributed by atoms with Gasteiger partial charge in [-0.25, -0.2) is 0 Å². The van der Waals surface area contributed by atoms with Crippen molar-refractivity contribution in [1.29, 1.82) is 0 Å². The van der Waals surface area contributed by atoms with Crippen LogP contribution >= 0.6 is 0 Å². The van der Waals surface area contributed by atoms with E-state index in [1.165, 1.54) is 16.3 Å². The van der Waals surface area contributed by atoms with Crippen molar-refractivity contribution in [3.05, 3.63) is 95.6 Å². The molecule has 302 valence electrons. The molecule has 0 aliphatic carbocycles. The van der Waals surface area contributed by atoms with Crippen molar-refractivity contribution < 1.29 is 33.7 Å². The van der Waals surface area contributed by atoms with Crippen LogP contribution in [0, 0.1) is 5.92 Å². The average Bonchev–Trinajstić information content (AvgIpc) is 3.86. The molecule has 3 aromatic rings. The predicted octanol–water partition coefficient (Wildman–Crippen LogP) is 7.38. The van der Waals surface area contributed by atoms with Crippen LogP contribution < -0.4 is 24.5 Å². The van der Waals surface area contributed by atoms with Gasteiger partial charge >= 0.3 is 0 Å². The van der Waals surface area contributed by atoms with Crippen molar-refractivity contribution in [3.63, 3.8) is 0 Å². The van der Waals surface area contributed by atoms with E-state index < -0.39 is 19.8 Å². The minimum Gasteiger partial charge on any atom is -0.497 e. The standard InChI is InChI=1S/C46H57N3O7Si/c1-30(2)12-10-13-31(3)23-25-48-38-22-17-33(49-39-15-8-9-16-40(39)55-29-43(49)52)26-37(38)46(45(48)53)32(4)44(57(6,7)36-20-18-35(54-5)19-21-36)41(56-46)27-42(51)47-24-11-14-34(47)28-50/h8-9,12,15-23,26,32,34,41,44,50H,10-11,13-14,24-25,27-29H2,1-7H3/b31-23+/t32-,34+,41+,44-,46+/m1/s1. The maximum Gasteiger partial charge on any atom is 0.269 e. The Morgan fingerprint density at radius 3 is 2.49 bits per heavy atom. The number of carbonyl (C=O) groups excluding carboxylic acids is 3. The zero-order chi connectivity index (χ0) is 40.6. The van der Waals surface area contributed by atoms with Crippen LogP contribution in [0.2, 0.25) is 18.6 Å². The highest BCUT2D eigenvalue weighted by Gasteiger charge is 2.66. The Morgan fingerprint density at radius 1 is 1.02 bits per heavy atom. The normalized spacial score (nSPS) is 24.5. The molecule has 10 nitrogen and oxygen atoms in total. The summed E-state index contributed by atoms with van der Waals surface area (Å²) in [5.41, 5.74) is 3.60. The molecule has 2 saturated heterocycles. The summed E-state index contributed by atoms with van der Waals surface area (Å²) in [6, 6.07) is 21.2. The summed E-state index contributed by atoms with van der Waals surface area (Å²) in [6.45, 7) is 13.8. The molecule has 4 aliphatic heterocycles. The second kappa shape index (κ2) is 16.3. The van der Waals surface area contributed by atoms with Gasteiger partial charge in [-0.15, -0.1) is 0 Å². The highest BCUT2D eigenvalue weighted by molar-refractivity contribution is 6.91. The van der Waals surface area contributed by atoms with E-state index in [0.29, 0.717) is 35.8 Å². The van der Waals surface area contributed by atoms with Gasteiger partial charge in [0.25, 0.3) is 11.8 Å². The molecule has 11 heteroatoms. The van der Waals surface area contributed by atoms with E-state index in [2.05, 4.69) is 65.1 Å². The smallest absolute Gasteiger partial charge is 0.269 e. The van der Waals surface area contributed by atoms with Crippen molar-refractivity contribution >= 4 is 48.0 Å². The maximum atomic E-state index is 15.5. The van der Waals surface area contributed by atoms with Gasteiger partial charge < -0.3 is 29.1 Å². The first-order chi connectivity index (χ1) is 27.3. The first-order valence-electron chi connectivity index (χ1n) is 20.3. The van der Waals surface area contributed by atoms with Gasteiger partial charge in [0.1, 0.15) is 11.5 Å². The summed E-state index contributed by atoms with van der Waals surface area (Å²) < 4.78 is 18.6. The summed E-state index contributed by atoms with van der Waals surface area (Å²) in [6.07, 6.45) is 7.29. The summed E-state index contributed by atoms with van der Waals surface area (Å²) in [5.74, 6) is 0.604. The molecule has 57 heavy (non-hydrogen) atoms. The number of anilines is 3. The molecule has 0 aromatic heterocycles. The molecule has 4 heterocycles. The Labute approximate surface area is 338 Å². The number of hydrogen-bond donors (Lipinski definition) is 1. The number of aliphatic hydroxyl groups is 1. The van der Waals surface area contributed by atoms with Crippen LogP contribution in [0.3, 0.4) is 0 Å². The molecule has 3 aromatic carbocycles. The second-order valence-electron chi connectivity index (χ2n) is 16.9. The van der Waals surface area contributed by atoms with Crippen LogP contribution in [-0.4, -0.2) is 81.4 Å². The molecule has 0 bridgehead atoms. The zero-order valence-electron chi connectivity index (χ0n) is 34.4. The van der Waals surface area contributed by atoms with Gasteiger partial charge in [-0.3, -0.25) is 19.3 Å². The number of hydrogen-bond acceptors (Lipinski definition) is 7. The van der Waals surface area contributed by atoms with Crippen molar-refractivity contribution in [1.82, 2.24) is 4.90 Å². The number of methoxy groups -OCH3 is 1. The van der Waals surface area contributed by atoms with Gasteiger partial charge in [0.2, 0.25) is 5.91 Å². The first-order valence-corrected chi connectivity index (χ1v) is 23.4. The summed E-state index contributed by atoms with van der Waals surface area (Å²) in [7, 11) is -0.888. The number of likely N-dealkylation sites (tertiary alicyclic amines) is 1. The minimum atomic E-state index is -2.54. The number of nitrogens with zero attached hydrogens (tertiary/aromatic N) is 3. The van der Waals surface area contributed by atoms with E-state index in [4.69, 9.17) is 14.2 Å². The Balaban J connectivity index is 1.35. The Kier molecular flexibility index (Phi) is 11.6. The molecule has 1 N–H and O–H groups in total. The van der Waals surface area contributed by atoms with Gasteiger partial charge in [0.15, 0.2) is 12.2 Å². The fourth-order valence-electron chi connectivity index (χ4n) is 9.79. The Bertz CT molecular complexity index is 2080. The number of benzene rings is 3. The van der Waals surface area contributed by atoms with Crippen molar-refractivity contribution in [3.8, 4) is 11.5 Å². The first kappa shape index (κ1) is 40.5. The molecular weight excluding hydrogens is 735 g/mol.